The van der Waals surface area contributed by atoms with E-state index in [1.165, 1.54) is 0 Å². The van der Waals surface area contributed by atoms with Gasteiger partial charge in [0.05, 0.1) is 0 Å². The molecule has 2 heterocycles. The first-order valence-corrected chi connectivity index (χ1v) is 9.48. The van der Waals surface area contributed by atoms with E-state index >= 15 is 0 Å². The van der Waals surface area contributed by atoms with Crippen molar-refractivity contribution < 1.29 is 14.3 Å². The van der Waals surface area contributed by atoms with E-state index in [9.17, 15) is 9.59 Å². The third kappa shape index (κ3) is 4.32. The number of nitrogens with zero attached hydrogens (tertiary/aromatic N) is 2. The number of ether oxygens (including phenoxy) is 1. The quantitative estimate of drug-likeness (QED) is 0.616. The lowest BCUT2D eigenvalue weighted by atomic mass is 10.1. The van der Waals surface area contributed by atoms with Crippen LogP contribution in [0.25, 0.3) is 0 Å². The molecule has 0 N–H and O–H groups in total. The van der Waals surface area contributed by atoms with Crippen LogP contribution in [-0.2, 0) is 14.3 Å². The van der Waals surface area contributed by atoms with Gasteiger partial charge in [0.2, 0.25) is 5.91 Å². The summed E-state index contributed by atoms with van der Waals surface area (Å²) in [5.41, 5.74) is 0.431. The van der Waals surface area contributed by atoms with Crippen LogP contribution >= 0.6 is 0 Å². The van der Waals surface area contributed by atoms with Gasteiger partial charge in [-0.2, -0.15) is 0 Å². The Kier molecular flexibility index (Phi) is 5.44. The molecule has 1 aromatic rings. The van der Waals surface area contributed by atoms with E-state index in [1.54, 1.807) is 11.1 Å². The number of amides is 1. The average Bonchev–Trinajstić information content (AvgIpc) is 2.94. The van der Waals surface area contributed by atoms with Gasteiger partial charge in [-0.1, -0.05) is 30.3 Å². The predicted octanol–water partition coefficient (Wildman–Crippen LogP) is 3.36. The first-order valence-electron chi connectivity index (χ1n) is 9.48. The topological polar surface area (TPSA) is 59.0 Å². The smallest absolute Gasteiger partial charge is 0.329 e. The zero-order valence-corrected chi connectivity index (χ0v) is 15.9. The van der Waals surface area contributed by atoms with Gasteiger partial charge in [0.1, 0.15) is 17.7 Å². The molecule has 140 valence electrons. The molecule has 3 rings (SSSR count). The molecule has 0 aromatic heterocycles. The number of fused-ring (bicyclic) bond motifs is 1. The average molecular weight is 356 g/mol. The molecular formula is C21H28N2O3. The van der Waals surface area contributed by atoms with Gasteiger partial charge in [-0.3, -0.25) is 9.79 Å². The molecule has 2 fully saturated rings. The maximum absolute atomic E-state index is 13.1. The van der Waals surface area contributed by atoms with Crippen LogP contribution in [0.15, 0.2) is 35.3 Å². The largest absolute Gasteiger partial charge is 0.458 e. The van der Waals surface area contributed by atoms with E-state index in [4.69, 9.17) is 4.74 Å². The molecule has 5 nitrogen and oxygen atoms in total. The number of hydrogen-bond donors (Lipinski definition) is 0. The molecule has 0 aliphatic carbocycles. The molecule has 0 radical (unpaired) electrons. The van der Waals surface area contributed by atoms with E-state index in [0.717, 1.165) is 31.2 Å². The zero-order valence-electron chi connectivity index (χ0n) is 15.9. The molecule has 0 spiro atoms. The van der Waals surface area contributed by atoms with Gasteiger partial charge in [0, 0.05) is 12.3 Å². The Balaban J connectivity index is 1.76. The fraction of sp³-hybridized carbons (Fsp3) is 0.571. The second kappa shape index (κ2) is 7.60. The summed E-state index contributed by atoms with van der Waals surface area (Å²) < 4.78 is 5.55. The molecule has 2 aliphatic heterocycles. The number of rotatable bonds is 3. The lowest BCUT2D eigenvalue weighted by molar-refractivity contribution is -0.164. The highest BCUT2D eigenvalue weighted by Gasteiger charge is 2.45. The van der Waals surface area contributed by atoms with Gasteiger partial charge in [0.15, 0.2) is 0 Å². The Morgan fingerprint density at radius 1 is 1.15 bits per heavy atom. The first kappa shape index (κ1) is 18.6. The van der Waals surface area contributed by atoms with Crippen LogP contribution in [0.5, 0.6) is 0 Å². The van der Waals surface area contributed by atoms with Crippen molar-refractivity contribution in [1.82, 2.24) is 4.90 Å². The summed E-state index contributed by atoms with van der Waals surface area (Å²) in [6.07, 6.45) is 5.93. The monoisotopic (exact) mass is 356 g/mol. The lowest BCUT2D eigenvalue weighted by Crippen LogP contribution is -2.49. The van der Waals surface area contributed by atoms with Crippen molar-refractivity contribution >= 4 is 18.1 Å². The summed E-state index contributed by atoms with van der Waals surface area (Å²) in [6, 6.07) is 9.03. The lowest BCUT2D eigenvalue weighted by Gasteiger charge is -2.31. The Bertz CT molecular complexity index is 678. The number of benzene rings is 1. The highest BCUT2D eigenvalue weighted by Crippen LogP contribution is 2.33. The third-order valence-electron chi connectivity index (χ3n) is 4.94. The summed E-state index contributed by atoms with van der Waals surface area (Å²) in [4.78, 5) is 32.1. The minimum Gasteiger partial charge on any atom is -0.458 e. The van der Waals surface area contributed by atoms with Crippen LogP contribution in [0.4, 0.5) is 0 Å². The summed E-state index contributed by atoms with van der Waals surface area (Å²) in [6.45, 7) is 5.57. The van der Waals surface area contributed by atoms with Crippen LogP contribution in [-0.4, -0.2) is 46.7 Å². The number of aliphatic imine (C=N–C) groups is 1. The molecule has 0 unspecified atom stereocenters. The Labute approximate surface area is 155 Å². The van der Waals surface area contributed by atoms with Crippen molar-refractivity contribution in [1.29, 1.82) is 0 Å². The molecule has 1 amide bonds. The van der Waals surface area contributed by atoms with Gasteiger partial charge >= 0.3 is 5.97 Å². The normalized spacial score (nSPS) is 26.7. The van der Waals surface area contributed by atoms with E-state index in [1.807, 2.05) is 51.1 Å². The van der Waals surface area contributed by atoms with Crippen LogP contribution < -0.4 is 0 Å². The highest BCUT2D eigenvalue weighted by molar-refractivity contribution is 5.91. The maximum atomic E-state index is 13.1. The Morgan fingerprint density at radius 3 is 2.58 bits per heavy atom. The zero-order chi connectivity index (χ0) is 18.7. The predicted molar refractivity (Wildman–Crippen MR) is 101 cm³/mol. The van der Waals surface area contributed by atoms with Crippen LogP contribution in [0.1, 0.15) is 58.4 Å². The number of carbonyl (C=O) groups is 2. The molecule has 1 aromatic carbocycles. The molecule has 5 heteroatoms. The summed E-state index contributed by atoms with van der Waals surface area (Å²) in [5, 5.41) is 0. The summed E-state index contributed by atoms with van der Waals surface area (Å²) in [7, 11) is 0. The SMILES string of the molecule is CC(C)(C)OC(=O)[C@@H]1CC[C@H]2CCC[C@@H](N=Cc3ccccc3)C(=O)N21. The number of esters is 1. The van der Waals surface area contributed by atoms with Gasteiger partial charge in [0.25, 0.3) is 0 Å². The van der Waals surface area contributed by atoms with Crippen LogP contribution in [0, 0.1) is 0 Å². The third-order valence-corrected chi connectivity index (χ3v) is 4.94. The Hall–Kier alpha value is -2.17. The van der Waals surface area contributed by atoms with Crippen molar-refractivity contribution in [2.75, 3.05) is 0 Å². The van der Waals surface area contributed by atoms with Crippen molar-refractivity contribution in [3.63, 3.8) is 0 Å². The van der Waals surface area contributed by atoms with Gasteiger partial charge in [-0.15, -0.1) is 0 Å². The Morgan fingerprint density at radius 2 is 1.88 bits per heavy atom. The van der Waals surface area contributed by atoms with Crippen LogP contribution in [0.2, 0.25) is 0 Å². The van der Waals surface area contributed by atoms with E-state index in [2.05, 4.69) is 4.99 Å². The number of hydrogen-bond acceptors (Lipinski definition) is 4. The number of carbonyl (C=O) groups excluding carboxylic acids is 2. The first-order chi connectivity index (χ1) is 12.3. The minimum absolute atomic E-state index is 0.0342. The molecule has 3 atom stereocenters. The van der Waals surface area contributed by atoms with E-state index in [-0.39, 0.29) is 17.9 Å². The van der Waals surface area contributed by atoms with Crippen molar-refractivity contribution in [2.45, 2.75) is 76.6 Å². The molecule has 2 aliphatic rings. The van der Waals surface area contributed by atoms with Crippen molar-refractivity contribution in [2.24, 2.45) is 4.99 Å². The van der Waals surface area contributed by atoms with Gasteiger partial charge in [-0.05, 0) is 58.4 Å². The highest BCUT2D eigenvalue weighted by atomic mass is 16.6. The van der Waals surface area contributed by atoms with E-state index in [0.29, 0.717) is 6.42 Å². The molecule has 26 heavy (non-hydrogen) atoms. The van der Waals surface area contributed by atoms with Crippen molar-refractivity contribution in [3.05, 3.63) is 35.9 Å². The molecule has 2 saturated heterocycles. The fourth-order valence-electron chi connectivity index (χ4n) is 3.80. The van der Waals surface area contributed by atoms with E-state index < -0.39 is 17.7 Å². The van der Waals surface area contributed by atoms with Gasteiger partial charge in [-0.25, -0.2) is 4.79 Å². The van der Waals surface area contributed by atoms with Crippen molar-refractivity contribution in [3.8, 4) is 0 Å². The standard InChI is InChI=1S/C21H28N2O3/c1-21(2,3)26-20(25)18-13-12-16-10-7-11-17(19(24)23(16)18)22-14-15-8-5-4-6-9-15/h4-6,8-9,14,16-18H,7,10-13H2,1-3H3/t16-,17-,18+/m1/s1. The fourth-order valence-corrected chi connectivity index (χ4v) is 3.80. The minimum atomic E-state index is -0.547. The molecule has 0 saturated carbocycles. The molecular weight excluding hydrogens is 328 g/mol. The second-order valence-corrected chi connectivity index (χ2v) is 8.16. The summed E-state index contributed by atoms with van der Waals surface area (Å²) >= 11 is 0. The second-order valence-electron chi connectivity index (χ2n) is 8.16. The van der Waals surface area contributed by atoms with Crippen LogP contribution in [0.3, 0.4) is 0 Å². The summed E-state index contributed by atoms with van der Waals surface area (Å²) in [5.74, 6) is -0.325. The van der Waals surface area contributed by atoms with Gasteiger partial charge < -0.3 is 9.64 Å². The molecule has 0 bridgehead atoms. The maximum Gasteiger partial charge on any atom is 0.329 e.